The minimum Gasteiger partial charge on any atom is -0.494 e. The molecule has 0 bridgehead atoms. The first-order chi connectivity index (χ1) is 17.2. The van der Waals surface area contributed by atoms with Crippen LogP contribution in [0.1, 0.15) is 43.0 Å². The molecular formula is C28H34N2O4S2. The highest BCUT2D eigenvalue weighted by Crippen LogP contribution is 2.27. The molecule has 8 heteroatoms. The second-order valence-corrected chi connectivity index (χ2v) is 11.2. The molecular weight excluding hydrogens is 492 g/mol. The Morgan fingerprint density at radius 2 is 1.64 bits per heavy atom. The van der Waals surface area contributed by atoms with Crippen LogP contribution in [-0.2, 0) is 14.8 Å². The summed E-state index contributed by atoms with van der Waals surface area (Å²) in [5, 5.41) is 3.03. The van der Waals surface area contributed by atoms with Crippen LogP contribution < -0.4 is 14.4 Å². The molecule has 0 aliphatic heterocycles. The first kappa shape index (κ1) is 27.6. The topological polar surface area (TPSA) is 75.7 Å². The van der Waals surface area contributed by atoms with E-state index in [2.05, 4.69) is 11.4 Å². The predicted molar refractivity (Wildman–Crippen MR) is 147 cm³/mol. The molecule has 0 aromatic heterocycles. The number of thioether (sulfide) groups is 1. The zero-order chi connectivity index (χ0) is 26.3. The van der Waals surface area contributed by atoms with Crippen molar-refractivity contribution in [2.24, 2.45) is 0 Å². The molecule has 3 aromatic carbocycles. The lowest BCUT2D eigenvalue weighted by atomic mass is 9.99. The van der Waals surface area contributed by atoms with Gasteiger partial charge in [0, 0.05) is 4.90 Å². The number of rotatable bonds is 11. The molecule has 0 fully saturated rings. The highest BCUT2D eigenvalue weighted by Gasteiger charge is 2.28. The summed E-state index contributed by atoms with van der Waals surface area (Å²) in [5.41, 5.74) is 3.71. The molecule has 0 heterocycles. The van der Waals surface area contributed by atoms with Crippen molar-refractivity contribution < 1.29 is 17.9 Å². The van der Waals surface area contributed by atoms with E-state index < -0.39 is 10.0 Å². The number of nitrogens with zero attached hydrogens (tertiary/aromatic N) is 1. The Bertz CT molecular complexity index is 1270. The molecule has 1 unspecified atom stereocenters. The summed E-state index contributed by atoms with van der Waals surface area (Å²) in [5.74, 6) is 0.256. The number of hydrogen-bond donors (Lipinski definition) is 1. The lowest BCUT2D eigenvalue weighted by Crippen LogP contribution is -2.42. The maximum Gasteiger partial charge on any atom is 0.264 e. The van der Waals surface area contributed by atoms with Gasteiger partial charge in [-0.2, -0.15) is 0 Å². The van der Waals surface area contributed by atoms with Crippen molar-refractivity contribution in [1.29, 1.82) is 0 Å². The number of ether oxygens (including phenoxy) is 1. The molecule has 0 spiro atoms. The van der Waals surface area contributed by atoms with Crippen molar-refractivity contribution in [3.05, 3.63) is 83.4 Å². The van der Waals surface area contributed by atoms with Crippen LogP contribution in [0.25, 0.3) is 0 Å². The summed E-state index contributed by atoms with van der Waals surface area (Å²) in [4.78, 5) is 14.3. The summed E-state index contributed by atoms with van der Waals surface area (Å²) in [6.07, 6.45) is 2.61. The van der Waals surface area contributed by atoms with Gasteiger partial charge in [0.25, 0.3) is 10.0 Å². The van der Waals surface area contributed by atoms with Crippen LogP contribution >= 0.6 is 11.8 Å². The van der Waals surface area contributed by atoms with E-state index in [-0.39, 0.29) is 23.4 Å². The van der Waals surface area contributed by atoms with Crippen molar-refractivity contribution in [3.63, 3.8) is 0 Å². The fraction of sp³-hybridized carbons (Fsp3) is 0.321. The number of amides is 1. The zero-order valence-corrected chi connectivity index (χ0v) is 23.1. The minimum atomic E-state index is -4.00. The van der Waals surface area contributed by atoms with Gasteiger partial charge in [-0.3, -0.25) is 9.10 Å². The monoisotopic (exact) mass is 526 g/mol. The molecule has 0 saturated heterocycles. The molecule has 0 saturated carbocycles. The number of nitrogens with one attached hydrogen (secondary N) is 1. The quantitative estimate of drug-likeness (QED) is 0.316. The number of anilines is 1. The van der Waals surface area contributed by atoms with E-state index in [1.165, 1.54) is 17.3 Å². The van der Waals surface area contributed by atoms with Gasteiger partial charge in [-0.05, 0) is 98.7 Å². The number of sulfonamides is 1. The Hall–Kier alpha value is -2.97. The predicted octanol–water partition coefficient (Wildman–Crippen LogP) is 5.89. The Balaban J connectivity index is 1.92. The summed E-state index contributed by atoms with van der Waals surface area (Å²) >= 11 is 1.53. The molecule has 0 aliphatic carbocycles. The van der Waals surface area contributed by atoms with Gasteiger partial charge in [0.2, 0.25) is 5.91 Å². The molecule has 6 nitrogen and oxygen atoms in total. The number of hydrogen-bond acceptors (Lipinski definition) is 5. The van der Waals surface area contributed by atoms with E-state index in [4.69, 9.17) is 4.74 Å². The highest BCUT2D eigenvalue weighted by molar-refractivity contribution is 7.98. The van der Waals surface area contributed by atoms with Crippen LogP contribution in [0.3, 0.4) is 0 Å². The first-order valence-corrected chi connectivity index (χ1v) is 14.6. The Morgan fingerprint density at radius 1 is 0.972 bits per heavy atom. The van der Waals surface area contributed by atoms with Crippen molar-refractivity contribution in [3.8, 4) is 5.75 Å². The highest BCUT2D eigenvalue weighted by atomic mass is 32.2. The third kappa shape index (κ3) is 6.62. The summed E-state index contributed by atoms with van der Waals surface area (Å²) in [7, 11) is -4.00. The standard InChI is InChI=1S/C28H34N2O4S2/c1-6-27(22-9-8-20(3)21(4)18-22)29-28(31)19-30(23-10-12-24(13-11-23)34-7-2)36(32,33)26-16-14-25(35-5)15-17-26/h8-18,27H,6-7,19H2,1-5H3,(H,29,31). The Kier molecular flexibility index (Phi) is 9.45. The largest absolute Gasteiger partial charge is 0.494 e. The van der Waals surface area contributed by atoms with Gasteiger partial charge in [-0.1, -0.05) is 25.1 Å². The van der Waals surface area contributed by atoms with Crippen LogP contribution in [0.15, 0.2) is 76.5 Å². The molecule has 0 aliphatic rings. The van der Waals surface area contributed by atoms with Gasteiger partial charge >= 0.3 is 0 Å². The molecule has 1 amide bonds. The maximum atomic E-state index is 13.7. The smallest absolute Gasteiger partial charge is 0.264 e. The minimum absolute atomic E-state index is 0.128. The molecule has 192 valence electrons. The van der Waals surface area contributed by atoms with Gasteiger partial charge in [-0.25, -0.2) is 8.42 Å². The van der Waals surface area contributed by atoms with E-state index in [1.807, 2.05) is 46.1 Å². The molecule has 0 radical (unpaired) electrons. The number of aryl methyl sites for hydroxylation is 2. The van der Waals surface area contributed by atoms with Gasteiger partial charge in [0.05, 0.1) is 23.2 Å². The average molecular weight is 527 g/mol. The fourth-order valence-corrected chi connectivity index (χ4v) is 5.67. The van der Waals surface area contributed by atoms with Crippen molar-refractivity contribution >= 4 is 33.4 Å². The maximum absolute atomic E-state index is 13.7. The molecule has 1 atom stereocenters. The van der Waals surface area contributed by atoms with E-state index in [1.54, 1.807) is 48.5 Å². The number of benzene rings is 3. The Morgan fingerprint density at radius 3 is 2.19 bits per heavy atom. The van der Waals surface area contributed by atoms with E-state index in [0.717, 1.165) is 20.3 Å². The summed E-state index contributed by atoms with van der Waals surface area (Å²) < 4.78 is 34.0. The van der Waals surface area contributed by atoms with Gasteiger partial charge in [0.1, 0.15) is 12.3 Å². The van der Waals surface area contributed by atoms with Gasteiger partial charge in [0.15, 0.2) is 0 Å². The second kappa shape index (κ2) is 12.3. The third-order valence-electron chi connectivity index (χ3n) is 6.05. The average Bonchev–Trinajstić information content (AvgIpc) is 2.88. The molecule has 1 N–H and O–H groups in total. The van der Waals surface area contributed by atoms with Gasteiger partial charge < -0.3 is 10.1 Å². The van der Waals surface area contributed by atoms with Crippen molar-refractivity contribution in [2.75, 3.05) is 23.7 Å². The number of carbonyl (C=O) groups excluding carboxylic acids is 1. The van der Waals surface area contributed by atoms with Crippen LogP contribution in [0, 0.1) is 13.8 Å². The van der Waals surface area contributed by atoms with Crippen LogP contribution in [0.4, 0.5) is 5.69 Å². The van der Waals surface area contributed by atoms with Crippen LogP contribution in [0.2, 0.25) is 0 Å². The van der Waals surface area contributed by atoms with E-state index in [9.17, 15) is 13.2 Å². The third-order valence-corrected chi connectivity index (χ3v) is 8.58. The first-order valence-electron chi connectivity index (χ1n) is 12.0. The second-order valence-electron chi connectivity index (χ2n) is 8.49. The SMILES string of the molecule is CCOc1ccc(N(CC(=O)NC(CC)c2ccc(C)c(C)c2)S(=O)(=O)c2ccc(SC)cc2)cc1. The lowest BCUT2D eigenvalue weighted by molar-refractivity contribution is -0.120. The zero-order valence-electron chi connectivity index (χ0n) is 21.4. The number of carbonyl (C=O) groups is 1. The summed E-state index contributed by atoms with van der Waals surface area (Å²) in [6.45, 7) is 8.12. The molecule has 36 heavy (non-hydrogen) atoms. The fourth-order valence-electron chi connectivity index (χ4n) is 3.84. The van der Waals surface area contributed by atoms with Crippen LogP contribution in [-0.4, -0.2) is 33.7 Å². The molecule has 3 rings (SSSR count). The van der Waals surface area contributed by atoms with Crippen LogP contribution in [0.5, 0.6) is 5.75 Å². The van der Waals surface area contributed by atoms with Crippen molar-refractivity contribution in [2.45, 2.75) is 49.9 Å². The Labute approximate surface area is 219 Å². The van der Waals surface area contributed by atoms with E-state index in [0.29, 0.717) is 24.5 Å². The van der Waals surface area contributed by atoms with Gasteiger partial charge in [-0.15, -0.1) is 11.8 Å². The lowest BCUT2D eigenvalue weighted by Gasteiger charge is -2.26. The normalized spacial score (nSPS) is 12.1. The summed E-state index contributed by atoms with van der Waals surface area (Å²) in [6, 6.07) is 19.3. The van der Waals surface area contributed by atoms with E-state index >= 15 is 0 Å². The molecule has 3 aromatic rings. The van der Waals surface area contributed by atoms with Crippen molar-refractivity contribution in [1.82, 2.24) is 5.32 Å².